The lowest BCUT2D eigenvalue weighted by Crippen LogP contribution is -2.39. The molecule has 3 N–H and O–H groups in total. The van der Waals surface area contributed by atoms with E-state index in [1.807, 2.05) is 25.2 Å². The number of rotatable bonds is 7. The fraction of sp³-hybridized carbons (Fsp3) is 0.435. The molecular formula is C23H30N6O2. The molecule has 0 bridgehead atoms. The maximum absolute atomic E-state index is 13.2. The zero-order chi connectivity index (χ0) is 21.8. The van der Waals surface area contributed by atoms with E-state index in [2.05, 4.69) is 34.5 Å². The van der Waals surface area contributed by atoms with E-state index in [1.165, 1.54) is 5.56 Å². The van der Waals surface area contributed by atoms with Gasteiger partial charge in [0.15, 0.2) is 5.65 Å². The number of fused-ring (bicyclic) bond motifs is 1. The number of hydrogen-bond acceptors (Lipinski definition) is 6. The highest BCUT2D eigenvalue weighted by Crippen LogP contribution is 2.26. The van der Waals surface area contributed by atoms with Gasteiger partial charge in [0.2, 0.25) is 0 Å². The lowest BCUT2D eigenvalue weighted by Gasteiger charge is -2.23. The number of carbonyl (C=O) groups is 1. The van der Waals surface area contributed by atoms with Crippen LogP contribution in [-0.2, 0) is 18.3 Å². The highest BCUT2D eigenvalue weighted by molar-refractivity contribution is 6.06. The largest absolute Gasteiger partial charge is 0.381 e. The summed E-state index contributed by atoms with van der Waals surface area (Å²) in [7, 11) is 3.90. The van der Waals surface area contributed by atoms with Crippen LogP contribution in [0.1, 0.15) is 28.8 Å². The SMILES string of the molecule is CN(CCN)Cc1cccc(-c2cc(C(=O)NC3CCOCC3)c3cnn(C)c3n2)c1. The topological polar surface area (TPSA) is 98.3 Å². The van der Waals surface area contributed by atoms with E-state index >= 15 is 0 Å². The average Bonchev–Trinajstić information content (AvgIpc) is 3.15. The first-order chi connectivity index (χ1) is 15.0. The van der Waals surface area contributed by atoms with Gasteiger partial charge in [-0.05, 0) is 37.6 Å². The summed E-state index contributed by atoms with van der Waals surface area (Å²) in [6.07, 6.45) is 3.37. The molecule has 3 heterocycles. The van der Waals surface area contributed by atoms with Crippen molar-refractivity contribution in [3.05, 3.63) is 47.7 Å². The molecule has 1 fully saturated rings. The average molecular weight is 423 g/mol. The van der Waals surface area contributed by atoms with Crippen molar-refractivity contribution in [1.29, 1.82) is 0 Å². The summed E-state index contributed by atoms with van der Waals surface area (Å²) < 4.78 is 7.12. The smallest absolute Gasteiger partial charge is 0.252 e. The summed E-state index contributed by atoms with van der Waals surface area (Å²) in [6.45, 7) is 3.62. The van der Waals surface area contributed by atoms with Crippen molar-refractivity contribution in [2.75, 3.05) is 33.4 Å². The second-order valence-corrected chi connectivity index (χ2v) is 8.15. The van der Waals surface area contributed by atoms with Crippen molar-refractivity contribution in [1.82, 2.24) is 25.0 Å². The van der Waals surface area contributed by atoms with Crippen LogP contribution in [0.3, 0.4) is 0 Å². The van der Waals surface area contributed by atoms with E-state index in [-0.39, 0.29) is 11.9 Å². The number of nitrogens with zero attached hydrogens (tertiary/aromatic N) is 4. The van der Waals surface area contributed by atoms with Crippen LogP contribution in [0.4, 0.5) is 0 Å². The number of nitrogens with one attached hydrogen (secondary N) is 1. The number of carbonyl (C=O) groups excluding carboxylic acids is 1. The lowest BCUT2D eigenvalue weighted by atomic mass is 10.0. The molecule has 0 saturated carbocycles. The molecule has 1 aliphatic heterocycles. The van der Waals surface area contributed by atoms with Crippen molar-refractivity contribution in [2.45, 2.75) is 25.4 Å². The van der Waals surface area contributed by atoms with Crippen molar-refractivity contribution < 1.29 is 9.53 Å². The molecule has 31 heavy (non-hydrogen) atoms. The molecule has 3 aromatic rings. The summed E-state index contributed by atoms with van der Waals surface area (Å²) in [6, 6.07) is 10.3. The van der Waals surface area contributed by atoms with Gasteiger partial charge in [-0.25, -0.2) is 4.98 Å². The summed E-state index contributed by atoms with van der Waals surface area (Å²) in [5, 5.41) is 8.26. The first-order valence-corrected chi connectivity index (χ1v) is 10.7. The van der Waals surface area contributed by atoms with Crippen LogP contribution in [0.15, 0.2) is 36.5 Å². The zero-order valence-corrected chi connectivity index (χ0v) is 18.2. The quantitative estimate of drug-likeness (QED) is 0.604. The third-order valence-electron chi connectivity index (χ3n) is 5.69. The molecule has 4 rings (SSSR count). The Morgan fingerprint density at radius 1 is 1.32 bits per heavy atom. The van der Waals surface area contributed by atoms with Crippen molar-refractivity contribution in [3.63, 3.8) is 0 Å². The summed E-state index contributed by atoms with van der Waals surface area (Å²) >= 11 is 0. The van der Waals surface area contributed by atoms with Gasteiger partial charge in [0, 0.05) is 51.5 Å². The van der Waals surface area contributed by atoms with E-state index in [0.717, 1.165) is 42.6 Å². The molecule has 1 amide bonds. The number of aryl methyl sites for hydroxylation is 1. The number of benzene rings is 1. The van der Waals surface area contributed by atoms with E-state index in [1.54, 1.807) is 10.9 Å². The molecule has 1 aliphatic rings. The van der Waals surface area contributed by atoms with Gasteiger partial charge in [0.05, 0.1) is 22.8 Å². The molecular weight excluding hydrogens is 392 g/mol. The molecule has 0 radical (unpaired) electrons. The number of amides is 1. The monoisotopic (exact) mass is 422 g/mol. The molecule has 8 nitrogen and oxygen atoms in total. The minimum atomic E-state index is -0.0904. The number of ether oxygens (including phenoxy) is 1. The number of pyridine rings is 1. The van der Waals surface area contributed by atoms with E-state index < -0.39 is 0 Å². The van der Waals surface area contributed by atoms with Gasteiger partial charge in [-0.15, -0.1) is 0 Å². The van der Waals surface area contributed by atoms with Crippen molar-refractivity contribution >= 4 is 16.9 Å². The van der Waals surface area contributed by atoms with Crippen LogP contribution in [0, 0.1) is 0 Å². The fourth-order valence-electron chi connectivity index (χ4n) is 4.00. The van der Waals surface area contributed by atoms with Crippen LogP contribution in [0.25, 0.3) is 22.3 Å². The maximum Gasteiger partial charge on any atom is 0.252 e. The summed E-state index contributed by atoms with van der Waals surface area (Å²) in [5.74, 6) is -0.0904. The van der Waals surface area contributed by atoms with Gasteiger partial charge in [0.25, 0.3) is 5.91 Å². The number of hydrogen-bond donors (Lipinski definition) is 2. The Bertz CT molecular complexity index is 1060. The van der Waals surface area contributed by atoms with E-state index in [4.69, 9.17) is 15.5 Å². The molecule has 1 aromatic carbocycles. The molecule has 164 valence electrons. The minimum Gasteiger partial charge on any atom is -0.381 e. The minimum absolute atomic E-state index is 0.0904. The maximum atomic E-state index is 13.2. The van der Waals surface area contributed by atoms with Gasteiger partial charge in [-0.2, -0.15) is 5.10 Å². The molecule has 8 heteroatoms. The Morgan fingerprint density at radius 2 is 2.13 bits per heavy atom. The normalized spacial score (nSPS) is 15.0. The highest BCUT2D eigenvalue weighted by Gasteiger charge is 2.21. The second kappa shape index (κ2) is 9.55. The number of likely N-dealkylation sites (N-methyl/N-ethyl adjacent to an activating group) is 1. The van der Waals surface area contributed by atoms with Gasteiger partial charge >= 0.3 is 0 Å². The third-order valence-corrected chi connectivity index (χ3v) is 5.69. The van der Waals surface area contributed by atoms with Gasteiger partial charge in [-0.1, -0.05) is 18.2 Å². The van der Waals surface area contributed by atoms with Crippen LogP contribution in [-0.4, -0.2) is 65.0 Å². The van der Waals surface area contributed by atoms with Crippen molar-refractivity contribution in [3.8, 4) is 11.3 Å². The zero-order valence-electron chi connectivity index (χ0n) is 18.2. The molecule has 0 unspecified atom stereocenters. The Morgan fingerprint density at radius 3 is 2.90 bits per heavy atom. The highest BCUT2D eigenvalue weighted by atomic mass is 16.5. The molecule has 0 atom stereocenters. The molecule has 2 aromatic heterocycles. The first kappa shape index (κ1) is 21.4. The predicted octanol–water partition coefficient (Wildman–Crippen LogP) is 1.93. The third kappa shape index (κ3) is 4.92. The number of aromatic nitrogens is 3. The van der Waals surface area contributed by atoms with Gasteiger partial charge in [-0.3, -0.25) is 9.48 Å². The standard InChI is InChI=1S/C23H30N6O2/c1-28(9-8-24)15-16-4-3-5-17(12-16)21-13-19(20-14-25-29(2)22(20)27-21)23(30)26-18-6-10-31-11-7-18/h3-5,12-14,18H,6-11,15,24H2,1-2H3,(H,26,30). The Labute approximate surface area is 182 Å². The van der Waals surface area contributed by atoms with Crippen LogP contribution in [0.2, 0.25) is 0 Å². The number of nitrogens with two attached hydrogens (primary N) is 1. The van der Waals surface area contributed by atoms with Crippen LogP contribution < -0.4 is 11.1 Å². The summed E-state index contributed by atoms with van der Waals surface area (Å²) in [5.41, 5.74) is 9.87. The van der Waals surface area contributed by atoms with Gasteiger partial charge in [0.1, 0.15) is 0 Å². The Hall–Kier alpha value is -2.81. The predicted molar refractivity (Wildman–Crippen MR) is 121 cm³/mol. The first-order valence-electron chi connectivity index (χ1n) is 10.7. The lowest BCUT2D eigenvalue weighted by molar-refractivity contribution is 0.0697. The fourth-order valence-corrected chi connectivity index (χ4v) is 4.00. The Kier molecular flexibility index (Phi) is 6.60. The van der Waals surface area contributed by atoms with Crippen molar-refractivity contribution in [2.24, 2.45) is 12.8 Å². The Balaban J connectivity index is 1.67. The van der Waals surface area contributed by atoms with Gasteiger partial charge < -0.3 is 20.7 Å². The van der Waals surface area contributed by atoms with Crippen LogP contribution >= 0.6 is 0 Å². The van der Waals surface area contributed by atoms with Crippen LogP contribution in [0.5, 0.6) is 0 Å². The molecule has 0 spiro atoms. The molecule has 0 aliphatic carbocycles. The molecule has 1 saturated heterocycles. The second-order valence-electron chi connectivity index (χ2n) is 8.15. The van der Waals surface area contributed by atoms with E-state index in [0.29, 0.717) is 31.0 Å². The summed E-state index contributed by atoms with van der Waals surface area (Å²) in [4.78, 5) is 20.2. The van der Waals surface area contributed by atoms with E-state index in [9.17, 15) is 4.79 Å².